The Morgan fingerprint density at radius 2 is 2.06 bits per heavy atom. The number of rotatable bonds is 4. The van der Waals surface area contributed by atoms with Crippen LogP contribution in [0.4, 0.5) is 5.95 Å². The van der Waals surface area contributed by atoms with Crippen molar-refractivity contribution >= 4 is 18.2 Å². The zero-order valence-electron chi connectivity index (χ0n) is 10.8. The maximum atomic E-state index is 5.22. The van der Waals surface area contributed by atoms with Gasteiger partial charge in [0.2, 0.25) is 5.95 Å². The van der Waals surface area contributed by atoms with Crippen LogP contribution in [0.2, 0.25) is 0 Å². The molecule has 1 N–H and O–H groups in total. The van der Waals surface area contributed by atoms with E-state index in [0.29, 0.717) is 0 Å². The summed E-state index contributed by atoms with van der Waals surface area (Å²) in [7, 11) is 0. The van der Waals surface area contributed by atoms with Crippen molar-refractivity contribution in [2.45, 2.75) is 46.1 Å². The van der Waals surface area contributed by atoms with Crippen molar-refractivity contribution in [1.82, 2.24) is 14.8 Å². The fraction of sp³-hybridized carbons (Fsp3) is 0.833. The highest BCUT2D eigenvalue weighted by atomic mass is 32.1. The van der Waals surface area contributed by atoms with Gasteiger partial charge in [-0.05, 0) is 37.9 Å². The summed E-state index contributed by atoms with van der Waals surface area (Å²) in [5.74, 6) is 1.93. The van der Waals surface area contributed by atoms with E-state index in [1.54, 1.807) is 0 Å². The Labute approximate surface area is 108 Å². The summed E-state index contributed by atoms with van der Waals surface area (Å²) in [5, 5.41) is 7.25. The Morgan fingerprint density at radius 3 is 2.65 bits per heavy atom. The second kappa shape index (κ2) is 5.67. The molecule has 1 aromatic rings. The lowest BCUT2D eigenvalue weighted by molar-refractivity contribution is 0.374. The van der Waals surface area contributed by atoms with Crippen LogP contribution in [0.5, 0.6) is 0 Å². The lowest BCUT2D eigenvalue weighted by Crippen LogP contribution is -2.35. The second-order valence-electron chi connectivity index (χ2n) is 4.79. The molecule has 2 heterocycles. The molecule has 0 atom stereocenters. The van der Waals surface area contributed by atoms with Crippen molar-refractivity contribution in [3.8, 4) is 0 Å². The third kappa shape index (κ3) is 2.70. The van der Waals surface area contributed by atoms with Crippen LogP contribution in [0.3, 0.4) is 0 Å². The van der Waals surface area contributed by atoms with Crippen molar-refractivity contribution < 1.29 is 0 Å². The van der Waals surface area contributed by atoms with Crippen LogP contribution in [0.25, 0.3) is 0 Å². The summed E-state index contributed by atoms with van der Waals surface area (Å²) in [6.45, 7) is 7.50. The number of nitrogens with zero attached hydrogens (tertiary/aromatic N) is 3. The number of piperidine rings is 1. The minimum absolute atomic E-state index is 0.734. The van der Waals surface area contributed by atoms with Gasteiger partial charge in [-0.15, -0.1) is 5.10 Å². The summed E-state index contributed by atoms with van der Waals surface area (Å²) < 4.78 is 2.81. The van der Waals surface area contributed by atoms with Crippen LogP contribution < -0.4 is 4.90 Å². The van der Waals surface area contributed by atoms with Gasteiger partial charge in [0.15, 0.2) is 4.77 Å². The van der Waals surface area contributed by atoms with E-state index in [4.69, 9.17) is 12.2 Å². The van der Waals surface area contributed by atoms with Crippen LogP contribution in [0, 0.1) is 10.7 Å². The second-order valence-corrected chi connectivity index (χ2v) is 5.18. The molecule has 5 heteroatoms. The van der Waals surface area contributed by atoms with E-state index in [-0.39, 0.29) is 0 Å². The Bertz CT molecular complexity index is 401. The van der Waals surface area contributed by atoms with Gasteiger partial charge < -0.3 is 4.90 Å². The van der Waals surface area contributed by atoms with Gasteiger partial charge in [0.05, 0.1) is 0 Å². The van der Waals surface area contributed by atoms with Crippen LogP contribution in [0.15, 0.2) is 0 Å². The highest BCUT2D eigenvalue weighted by Gasteiger charge is 2.21. The van der Waals surface area contributed by atoms with Crippen LogP contribution in [-0.4, -0.2) is 27.9 Å². The maximum absolute atomic E-state index is 5.22. The van der Waals surface area contributed by atoms with Gasteiger partial charge in [-0.3, -0.25) is 4.57 Å². The van der Waals surface area contributed by atoms with E-state index in [2.05, 4.69) is 33.5 Å². The number of anilines is 1. The molecule has 1 aromatic heterocycles. The van der Waals surface area contributed by atoms with Crippen molar-refractivity contribution in [2.24, 2.45) is 5.92 Å². The Balaban J connectivity index is 2.03. The third-order valence-electron chi connectivity index (χ3n) is 3.65. The minimum atomic E-state index is 0.734. The van der Waals surface area contributed by atoms with E-state index < -0.39 is 0 Å². The largest absolute Gasteiger partial charge is 0.341 e. The number of hydrogen-bond acceptors (Lipinski definition) is 3. The highest BCUT2D eigenvalue weighted by Crippen LogP contribution is 2.24. The molecule has 0 saturated carbocycles. The van der Waals surface area contributed by atoms with E-state index in [0.717, 1.165) is 36.3 Å². The summed E-state index contributed by atoms with van der Waals surface area (Å²) in [6.07, 6.45) is 5.25. The van der Waals surface area contributed by atoms with Crippen LogP contribution in [0.1, 0.15) is 39.5 Å². The first kappa shape index (κ1) is 12.6. The average Bonchev–Trinajstić information content (AvgIpc) is 2.72. The molecule has 96 valence electrons. The molecule has 0 aliphatic carbocycles. The molecule has 1 saturated heterocycles. The molecular formula is C12H22N4S. The van der Waals surface area contributed by atoms with E-state index in [1.807, 2.05) is 0 Å². The molecular weight excluding hydrogens is 232 g/mol. The zero-order valence-corrected chi connectivity index (χ0v) is 11.6. The molecule has 0 amide bonds. The first-order valence-electron chi connectivity index (χ1n) is 6.66. The Kier molecular flexibility index (Phi) is 4.20. The van der Waals surface area contributed by atoms with Crippen LogP contribution in [-0.2, 0) is 6.54 Å². The molecule has 1 aliphatic rings. The number of hydrogen-bond donors (Lipinski definition) is 1. The van der Waals surface area contributed by atoms with Gasteiger partial charge in [-0.2, -0.15) is 0 Å². The maximum Gasteiger partial charge on any atom is 0.225 e. The monoisotopic (exact) mass is 254 g/mol. The summed E-state index contributed by atoms with van der Waals surface area (Å²) in [4.78, 5) is 2.36. The lowest BCUT2D eigenvalue weighted by atomic mass is 9.93. The molecule has 0 radical (unpaired) electrons. The molecule has 2 rings (SSSR count). The predicted octanol–water partition coefficient (Wildman–Crippen LogP) is 2.98. The van der Waals surface area contributed by atoms with Crippen LogP contribution >= 0.6 is 12.2 Å². The summed E-state index contributed by atoms with van der Waals surface area (Å²) in [6, 6.07) is 0. The third-order valence-corrected chi connectivity index (χ3v) is 3.96. The van der Waals surface area contributed by atoms with Gasteiger partial charge >= 0.3 is 0 Å². The number of H-pyrrole nitrogens is 1. The molecule has 1 aliphatic heterocycles. The molecule has 0 spiro atoms. The molecule has 17 heavy (non-hydrogen) atoms. The van der Waals surface area contributed by atoms with Crippen molar-refractivity contribution in [2.75, 3.05) is 18.0 Å². The SMILES string of the molecule is CCCC1CCN(c2n[nH]c(=S)n2CC)CC1. The fourth-order valence-electron chi connectivity index (χ4n) is 2.67. The first-order valence-corrected chi connectivity index (χ1v) is 7.07. The van der Waals surface area contributed by atoms with E-state index in [1.165, 1.54) is 25.7 Å². The van der Waals surface area contributed by atoms with Gasteiger partial charge in [0, 0.05) is 19.6 Å². The fourth-order valence-corrected chi connectivity index (χ4v) is 2.92. The lowest BCUT2D eigenvalue weighted by Gasteiger charge is -2.32. The summed E-state index contributed by atoms with van der Waals surface area (Å²) in [5.41, 5.74) is 0. The molecule has 0 bridgehead atoms. The van der Waals surface area contributed by atoms with E-state index >= 15 is 0 Å². The average molecular weight is 254 g/mol. The van der Waals surface area contributed by atoms with Gasteiger partial charge in [0.25, 0.3) is 0 Å². The highest BCUT2D eigenvalue weighted by molar-refractivity contribution is 7.71. The predicted molar refractivity (Wildman–Crippen MR) is 72.9 cm³/mol. The Hall–Kier alpha value is -0.840. The molecule has 4 nitrogen and oxygen atoms in total. The van der Waals surface area contributed by atoms with Gasteiger partial charge in [-0.25, -0.2) is 5.10 Å². The zero-order chi connectivity index (χ0) is 12.3. The van der Waals surface area contributed by atoms with Gasteiger partial charge in [-0.1, -0.05) is 19.8 Å². The number of nitrogens with one attached hydrogen (secondary N) is 1. The number of aromatic amines is 1. The number of aromatic nitrogens is 3. The van der Waals surface area contributed by atoms with Crippen molar-refractivity contribution in [3.63, 3.8) is 0 Å². The smallest absolute Gasteiger partial charge is 0.225 e. The quantitative estimate of drug-likeness (QED) is 0.839. The summed E-state index contributed by atoms with van der Waals surface area (Å²) >= 11 is 5.22. The normalized spacial score (nSPS) is 17.6. The molecule has 0 aromatic carbocycles. The van der Waals surface area contributed by atoms with Crippen molar-refractivity contribution in [1.29, 1.82) is 0 Å². The minimum Gasteiger partial charge on any atom is -0.341 e. The molecule has 0 unspecified atom stereocenters. The first-order chi connectivity index (χ1) is 8.26. The van der Waals surface area contributed by atoms with Gasteiger partial charge in [0.1, 0.15) is 0 Å². The van der Waals surface area contributed by atoms with E-state index in [9.17, 15) is 0 Å². The standard InChI is InChI=1S/C12H22N4S/c1-3-5-10-6-8-15(9-7-10)11-13-14-12(17)16(11)4-2/h10H,3-9H2,1-2H3,(H,14,17). The van der Waals surface area contributed by atoms with Crippen molar-refractivity contribution in [3.05, 3.63) is 4.77 Å². The molecule has 1 fully saturated rings. The Morgan fingerprint density at radius 1 is 1.35 bits per heavy atom. The topological polar surface area (TPSA) is 36.9 Å².